The van der Waals surface area contributed by atoms with Gasteiger partial charge in [0, 0.05) is 18.0 Å². The van der Waals surface area contributed by atoms with Gasteiger partial charge in [0.25, 0.3) is 0 Å². The minimum atomic E-state index is -1.15. The number of fused-ring (bicyclic) bond motifs is 1. The molecule has 0 saturated carbocycles. The number of carboxylic acids is 1. The van der Waals surface area contributed by atoms with Crippen LogP contribution in [0.5, 0.6) is 0 Å². The number of pyridine rings is 1. The number of esters is 1. The molecule has 214 valence electrons. The van der Waals surface area contributed by atoms with Crippen LogP contribution in [-0.2, 0) is 25.5 Å². The van der Waals surface area contributed by atoms with Gasteiger partial charge in [-0.1, -0.05) is 48.5 Å². The molecule has 3 atom stereocenters. The number of hydrogen-bond acceptors (Lipinski definition) is 8. The molecule has 3 aromatic rings. The summed E-state index contributed by atoms with van der Waals surface area (Å²) in [5.41, 5.74) is 18.2. The smallest absolute Gasteiger partial charge is 0.326 e. The maximum Gasteiger partial charge on any atom is 0.326 e. The van der Waals surface area contributed by atoms with Gasteiger partial charge in [0.15, 0.2) is 0 Å². The molecule has 11 nitrogen and oxygen atoms in total. The lowest BCUT2D eigenvalue weighted by Crippen LogP contribution is -2.50. The highest BCUT2D eigenvalue weighted by Gasteiger charge is 2.26. The van der Waals surface area contributed by atoms with Gasteiger partial charge in [0.2, 0.25) is 11.8 Å². The van der Waals surface area contributed by atoms with Crippen LogP contribution in [0.1, 0.15) is 49.5 Å². The number of aliphatic carboxylic acids is 1. The molecule has 0 saturated heterocycles. The van der Waals surface area contributed by atoms with Crippen LogP contribution in [-0.4, -0.2) is 57.6 Å². The van der Waals surface area contributed by atoms with E-state index < -0.39 is 47.5 Å². The van der Waals surface area contributed by atoms with Gasteiger partial charge in [0.1, 0.15) is 17.7 Å². The van der Waals surface area contributed by atoms with E-state index in [0.717, 1.165) is 16.5 Å². The molecule has 1 heterocycles. The first-order valence-corrected chi connectivity index (χ1v) is 12.7. The highest BCUT2D eigenvalue weighted by atomic mass is 16.6. The third-order valence-electron chi connectivity index (χ3n) is 5.61. The number of amides is 2. The first-order chi connectivity index (χ1) is 18.8. The van der Waals surface area contributed by atoms with Gasteiger partial charge in [-0.05, 0) is 51.3 Å². The number of ether oxygens (including phenoxy) is 1. The molecule has 3 rings (SSSR count). The summed E-state index contributed by atoms with van der Waals surface area (Å²) in [4.78, 5) is 50.4. The third kappa shape index (κ3) is 10.8. The van der Waals surface area contributed by atoms with Gasteiger partial charge >= 0.3 is 11.9 Å². The molecule has 11 heteroatoms. The Morgan fingerprint density at radius 2 is 1.55 bits per heavy atom. The van der Waals surface area contributed by atoms with E-state index in [2.05, 4.69) is 10.3 Å². The number of hydrogen-bond donors (Lipinski definition) is 5. The number of rotatable bonds is 10. The normalized spacial score (nSPS) is 13.2. The fraction of sp³-hybridized carbons (Fsp3) is 0.345. The molecule has 0 spiro atoms. The Morgan fingerprint density at radius 1 is 0.950 bits per heavy atom. The maximum absolute atomic E-state index is 12.2. The Kier molecular flexibility index (Phi) is 11.7. The first-order valence-electron chi connectivity index (χ1n) is 12.7. The average Bonchev–Trinajstić information content (AvgIpc) is 2.90. The van der Waals surface area contributed by atoms with Gasteiger partial charge in [-0.25, -0.2) is 4.79 Å². The van der Waals surface area contributed by atoms with E-state index in [4.69, 9.17) is 21.9 Å². The van der Waals surface area contributed by atoms with Crippen molar-refractivity contribution in [3.63, 3.8) is 0 Å². The predicted molar refractivity (Wildman–Crippen MR) is 151 cm³/mol. The monoisotopic (exact) mass is 551 g/mol. The predicted octanol–water partition coefficient (Wildman–Crippen LogP) is 1.91. The van der Waals surface area contributed by atoms with E-state index in [1.807, 2.05) is 30.3 Å². The number of carboxylic acid groups (broad SMARTS) is 1. The van der Waals surface area contributed by atoms with Crippen LogP contribution in [0.15, 0.2) is 66.9 Å². The van der Waals surface area contributed by atoms with Crippen molar-refractivity contribution in [2.75, 3.05) is 0 Å². The molecule has 2 aromatic carbocycles. The summed E-state index contributed by atoms with van der Waals surface area (Å²) in [5, 5.41) is 12.7. The Morgan fingerprint density at radius 3 is 2.15 bits per heavy atom. The van der Waals surface area contributed by atoms with Crippen molar-refractivity contribution in [3.8, 4) is 0 Å². The zero-order chi connectivity index (χ0) is 29.9. The SMILES string of the molecule is CC(C)(C)OC(=O)C(N)CC[C@@H](N)C(=O)N[C@H](Cc1ccccc1)C(=O)O.NC(=O)c1cnc2ccccc2c1. The van der Waals surface area contributed by atoms with E-state index in [1.165, 1.54) is 6.20 Å². The van der Waals surface area contributed by atoms with Crippen molar-refractivity contribution in [2.45, 2.75) is 63.8 Å². The van der Waals surface area contributed by atoms with Gasteiger partial charge < -0.3 is 32.4 Å². The summed E-state index contributed by atoms with van der Waals surface area (Å²) in [7, 11) is 0. The highest BCUT2D eigenvalue weighted by Crippen LogP contribution is 2.12. The zero-order valence-electron chi connectivity index (χ0n) is 22.9. The fourth-order valence-electron chi connectivity index (χ4n) is 3.52. The summed E-state index contributed by atoms with van der Waals surface area (Å²) in [6, 6.07) is 15.3. The van der Waals surface area contributed by atoms with Crippen LogP contribution in [0.2, 0.25) is 0 Å². The Hall–Kier alpha value is -4.35. The molecular formula is C29H37N5O6. The standard InChI is InChI=1S/C19H29N3O5.C10H8N2O/c1-19(2,3)27-18(26)14(21)10-9-13(20)16(23)22-15(17(24)25)11-12-7-5-4-6-8-12;11-10(13)8-5-7-3-1-2-4-9(7)12-6-8/h4-8,13-15H,9-11,20-21H2,1-3H3,(H,22,23)(H,24,25);1-6H,(H2,11,13)/t13-,14?,15-;/m1./s1. The quantitative estimate of drug-likeness (QED) is 0.233. The number of nitrogens with zero attached hydrogens (tertiary/aromatic N) is 1. The van der Waals surface area contributed by atoms with Crippen LogP contribution in [0.25, 0.3) is 10.9 Å². The summed E-state index contributed by atoms with van der Waals surface area (Å²) in [5.74, 6) is -2.76. The molecule has 0 radical (unpaired) electrons. The number of carbonyl (C=O) groups excluding carboxylic acids is 3. The molecular weight excluding hydrogens is 514 g/mol. The minimum absolute atomic E-state index is 0.129. The number of primary amides is 1. The van der Waals surface area contributed by atoms with Crippen molar-refractivity contribution < 1.29 is 29.0 Å². The summed E-state index contributed by atoms with van der Waals surface area (Å²) >= 11 is 0. The lowest BCUT2D eigenvalue weighted by Gasteiger charge is -2.23. The number of benzene rings is 2. The van der Waals surface area contributed by atoms with Crippen LogP contribution < -0.4 is 22.5 Å². The van der Waals surface area contributed by atoms with E-state index in [9.17, 15) is 24.3 Å². The number of carbonyl (C=O) groups is 4. The number of aromatic nitrogens is 1. The Balaban J connectivity index is 0.000000355. The second-order valence-electron chi connectivity index (χ2n) is 10.2. The van der Waals surface area contributed by atoms with Crippen molar-refractivity contribution in [1.29, 1.82) is 0 Å². The molecule has 40 heavy (non-hydrogen) atoms. The Bertz CT molecular complexity index is 1310. The maximum atomic E-state index is 12.2. The number of nitrogens with one attached hydrogen (secondary N) is 1. The Labute approximate surface area is 233 Å². The van der Waals surface area contributed by atoms with Crippen LogP contribution in [0, 0.1) is 0 Å². The number of para-hydroxylation sites is 1. The van der Waals surface area contributed by atoms with Crippen molar-refractivity contribution in [3.05, 3.63) is 78.0 Å². The molecule has 1 unspecified atom stereocenters. The molecule has 0 aliphatic rings. The van der Waals surface area contributed by atoms with E-state index in [0.29, 0.717) is 5.56 Å². The lowest BCUT2D eigenvalue weighted by molar-refractivity contribution is -0.156. The van der Waals surface area contributed by atoms with Gasteiger partial charge in [0.05, 0.1) is 17.1 Å². The molecule has 8 N–H and O–H groups in total. The van der Waals surface area contributed by atoms with Gasteiger partial charge in [-0.3, -0.25) is 19.4 Å². The molecule has 0 bridgehead atoms. The van der Waals surface area contributed by atoms with Crippen LogP contribution in [0.4, 0.5) is 0 Å². The molecule has 0 aliphatic carbocycles. The van der Waals surface area contributed by atoms with Crippen molar-refractivity contribution >= 4 is 34.7 Å². The molecule has 1 aromatic heterocycles. The first kappa shape index (κ1) is 31.9. The van der Waals surface area contributed by atoms with E-state index >= 15 is 0 Å². The fourth-order valence-corrected chi connectivity index (χ4v) is 3.52. The lowest BCUT2D eigenvalue weighted by atomic mass is 10.0. The summed E-state index contributed by atoms with van der Waals surface area (Å²) in [6.45, 7) is 5.20. The van der Waals surface area contributed by atoms with Gasteiger partial charge in [-0.15, -0.1) is 0 Å². The molecule has 2 amide bonds. The van der Waals surface area contributed by atoms with E-state index in [1.54, 1.807) is 51.1 Å². The van der Waals surface area contributed by atoms with Crippen LogP contribution >= 0.6 is 0 Å². The van der Waals surface area contributed by atoms with Crippen molar-refractivity contribution in [1.82, 2.24) is 10.3 Å². The largest absolute Gasteiger partial charge is 0.480 e. The third-order valence-corrected chi connectivity index (χ3v) is 5.61. The average molecular weight is 552 g/mol. The van der Waals surface area contributed by atoms with Gasteiger partial charge in [-0.2, -0.15) is 0 Å². The highest BCUT2D eigenvalue weighted by molar-refractivity contribution is 5.96. The second kappa shape index (κ2) is 14.7. The zero-order valence-corrected chi connectivity index (χ0v) is 22.9. The molecule has 0 aliphatic heterocycles. The van der Waals surface area contributed by atoms with E-state index in [-0.39, 0.29) is 19.3 Å². The second-order valence-corrected chi connectivity index (χ2v) is 10.2. The van der Waals surface area contributed by atoms with Crippen molar-refractivity contribution in [2.24, 2.45) is 17.2 Å². The topological polar surface area (TPSA) is 201 Å². The van der Waals surface area contributed by atoms with Crippen LogP contribution in [0.3, 0.4) is 0 Å². The summed E-state index contributed by atoms with van der Waals surface area (Å²) in [6.07, 6.45) is 1.92. The minimum Gasteiger partial charge on any atom is -0.480 e. The molecule has 0 fully saturated rings. The summed E-state index contributed by atoms with van der Waals surface area (Å²) < 4.78 is 5.17. The number of nitrogens with two attached hydrogens (primary N) is 3.